The van der Waals surface area contributed by atoms with E-state index in [1.165, 1.54) is 0 Å². The lowest BCUT2D eigenvalue weighted by atomic mass is 9.98. The Morgan fingerprint density at radius 1 is 0.283 bits per heavy atom. The standard InChI is InChI=1S/C52H37N/c1-3-12-38(13-4-1)44-18-9-20-46(34-44)41-26-30-50(31-27-41)53(52-23-11-22-48(37-52)49-25-24-40-16-7-8-17-43(40)36-49)51-32-28-42(29-33-51)47-21-10-19-45(35-47)39-14-5-2-6-15-39/h1-37H/i11D,22D,23D,26D,27D,28D,29D,30D,31D,32D,33D,37D. The Morgan fingerprint density at radius 3 is 1.28 bits per heavy atom. The molecule has 1 heteroatoms. The Balaban J connectivity index is 1.34. The quantitative estimate of drug-likeness (QED) is 0.154. The van der Waals surface area contributed by atoms with Crippen LogP contribution in [0.2, 0.25) is 0 Å². The molecular formula is C52H37N. The summed E-state index contributed by atoms with van der Waals surface area (Å²) in [6.07, 6.45) is 0. The summed E-state index contributed by atoms with van der Waals surface area (Å²) in [4.78, 5) is 0.891. The van der Waals surface area contributed by atoms with Gasteiger partial charge in [0.1, 0.15) is 0 Å². The second-order valence-corrected chi connectivity index (χ2v) is 12.5. The van der Waals surface area contributed by atoms with E-state index in [2.05, 4.69) is 0 Å². The average molecular weight is 688 g/mol. The van der Waals surface area contributed by atoms with Crippen LogP contribution in [0.1, 0.15) is 16.4 Å². The second kappa shape index (κ2) is 14.3. The molecule has 1 nitrogen and oxygen atoms in total. The van der Waals surface area contributed by atoms with Crippen molar-refractivity contribution in [1.29, 1.82) is 0 Å². The summed E-state index contributed by atoms with van der Waals surface area (Å²) < 4.78 is 113. The number of anilines is 3. The number of hydrogen-bond donors (Lipinski definition) is 0. The lowest BCUT2D eigenvalue weighted by molar-refractivity contribution is 1.28. The van der Waals surface area contributed by atoms with Crippen molar-refractivity contribution >= 4 is 27.8 Å². The summed E-state index contributed by atoms with van der Waals surface area (Å²) in [7, 11) is 0. The Hall–Kier alpha value is -6.96. The minimum atomic E-state index is -0.725. The van der Waals surface area contributed by atoms with Crippen LogP contribution in [0.5, 0.6) is 0 Å². The van der Waals surface area contributed by atoms with Crippen molar-refractivity contribution in [2.75, 3.05) is 4.90 Å². The van der Waals surface area contributed by atoms with E-state index in [4.69, 9.17) is 2.74 Å². The molecule has 53 heavy (non-hydrogen) atoms. The number of rotatable bonds is 8. The molecule has 0 saturated heterocycles. The molecule has 0 aliphatic heterocycles. The highest BCUT2D eigenvalue weighted by atomic mass is 15.1. The van der Waals surface area contributed by atoms with Gasteiger partial charge in [-0.15, -0.1) is 0 Å². The largest absolute Gasteiger partial charge is 0.310 e. The maximum Gasteiger partial charge on any atom is 0.0651 e. The van der Waals surface area contributed by atoms with Crippen LogP contribution < -0.4 is 4.90 Å². The number of nitrogens with zero attached hydrogens (tertiary/aromatic N) is 1. The van der Waals surface area contributed by atoms with Gasteiger partial charge in [0.25, 0.3) is 0 Å². The van der Waals surface area contributed by atoms with Crippen LogP contribution in [-0.4, -0.2) is 0 Å². The smallest absolute Gasteiger partial charge is 0.0651 e. The van der Waals surface area contributed by atoms with Gasteiger partial charge in [0.15, 0.2) is 0 Å². The summed E-state index contributed by atoms with van der Waals surface area (Å²) in [5.74, 6) is 0. The third-order valence-corrected chi connectivity index (χ3v) is 9.06. The fraction of sp³-hybridized carbons (Fsp3) is 0. The molecule has 0 radical (unpaired) electrons. The van der Waals surface area contributed by atoms with E-state index >= 15 is 0 Å². The van der Waals surface area contributed by atoms with Crippen LogP contribution >= 0.6 is 0 Å². The molecule has 0 saturated carbocycles. The normalized spacial score (nSPS) is 14.2. The third-order valence-electron chi connectivity index (χ3n) is 9.06. The van der Waals surface area contributed by atoms with Gasteiger partial charge in [-0.3, -0.25) is 0 Å². The van der Waals surface area contributed by atoms with E-state index in [0.29, 0.717) is 16.7 Å². The molecule has 0 bridgehead atoms. The predicted octanol–water partition coefficient (Wildman–Crippen LogP) is 14.6. The molecule has 0 unspecified atom stereocenters. The molecule has 0 N–H and O–H groups in total. The zero-order valence-electron chi connectivity index (χ0n) is 40.4. The highest BCUT2D eigenvalue weighted by Gasteiger charge is 2.15. The minimum Gasteiger partial charge on any atom is -0.310 e. The van der Waals surface area contributed by atoms with E-state index in [0.717, 1.165) is 37.9 Å². The van der Waals surface area contributed by atoms with Crippen LogP contribution in [-0.2, 0) is 0 Å². The highest BCUT2D eigenvalue weighted by molar-refractivity contribution is 5.89. The van der Waals surface area contributed by atoms with Gasteiger partial charge in [0, 0.05) is 17.1 Å². The Kier molecular flexibility index (Phi) is 5.80. The molecule has 9 rings (SSSR count). The van der Waals surface area contributed by atoms with E-state index in [9.17, 15) is 13.7 Å². The molecule has 0 aliphatic rings. The van der Waals surface area contributed by atoms with Crippen molar-refractivity contribution < 1.29 is 16.4 Å². The van der Waals surface area contributed by atoms with Crippen molar-refractivity contribution in [2.45, 2.75) is 0 Å². The molecule has 250 valence electrons. The fourth-order valence-electron chi connectivity index (χ4n) is 6.36. The lowest BCUT2D eigenvalue weighted by Crippen LogP contribution is -2.10. The summed E-state index contributed by atoms with van der Waals surface area (Å²) in [5.41, 5.74) is 2.51. The average Bonchev–Trinajstić information content (AvgIpc) is 3.33. The minimum absolute atomic E-state index is 0.0496. The van der Waals surface area contributed by atoms with Crippen LogP contribution in [0, 0.1) is 0 Å². The molecule has 0 aliphatic carbocycles. The van der Waals surface area contributed by atoms with Gasteiger partial charge in [-0.1, -0.05) is 170 Å². The second-order valence-electron chi connectivity index (χ2n) is 12.5. The first-order valence-corrected chi connectivity index (χ1v) is 17.2. The maximum atomic E-state index is 9.76. The SMILES string of the molecule is [2H]c1c([2H])c(-c2ccc3ccccc3c2)c([2H])c(N(c2c([2H])c([2H])c(-c3cccc(-c4ccccc4)c3)c([2H])c2[2H])c2c([2H])c([2H])c(-c3cccc(-c4ccccc4)c3)c([2H])c2[2H])c1[2H]. The molecule has 9 aromatic rings. The zero-order valence-corrected chi connectivity index (χ0v) is 28.4. The van der Waals surface area contributed by atoms with Crippen LogP contribution in [0.15, 0.2) is 224 Å². The van der Waals surface area contributed by atoms with Gasteiger partial charge in [0.05, 0.1) is 16.4 Å². The molecule has 0 amide bonds. The summed E-state index contributed by atoms with van der Waals surface area (Å²) in [6.45, 7) is 0. The molecular weight excluding hydrogens is 639 g/mol. The van der Waals surface area contributed by atoms with Crippen molar-refractivity contribution in [3.63, 3.8) is 0 Å². The predicted molar refractivity (Wildman–Crippen MR) is 226 cm³/mol. The van der Waals surface area contributed by atoms with Crippen molar-refractivity contribution in [2.24, 2.45) is 0 Å². The number of fused-ring (bicyclic) bond motifs is 1. The lowest BCUT2D eigenvalue weighted by Gasteiger charge is -2.26. The molecule has 9 aromatic carbocycles. The summed E-state index contributed by atoms with van der Waals surface area (Å²) in [6, 6.07) is 38.6. The van der Waals surface area contributed by atoms with E-state index in [-0.39, 0.29) is 16.7 Å². The zero-order chi connectivity index (χ0) is 45.8. The first-order valence-electron chi connectivity index (χ1n) is 23.2. The van der Waals surface area contributed by atoms with Gasteiger partial charge in [-0.25, -0.2) is 0 Å². The van der Waals surface area contributed by atoms with Crippen molar-refractivity contribution in [1.82, 2.24) is 0 Å². The molecule has 0 atom stereocenters. The third kappa shape index (κ3) is 6.77. The number of hydrogen-bond acceptors (Lipinski definition) is 1. The molecule has 0 spiro atoms. The van der Waals surface area contributed by atoms with Crippen molar-refractivity contribution in [3.8, 4) is 55.6 Å². The molecule has 0 aromatic heterocycles. The van der Waals surface area contributed by atoms with E-state index in [1.54, 1.807) is 54.6 Å². The van der Waals surface area contributed by atoms with E-state index < -0.39 is 89.6 Å². The fourth-order valence-corrected chi connectivity index (χ4v) is 6.36. The molecule has 0 fully saturated rings. The Morgan fingerprint density at radius 2 is 0.736 bits per heavy atom. The van der Waals surface area contributed by atoms with Gasteiger partial charge in [-0.2, -0.15) is 0 Å². The first kappa shape index (κ1) is 21.4. The van der Waals surface area contributed by atoms with Gasteiger partial charge < -0.3 is 4.90 Å². The number of benzene rings is 9. The monoisotopic (exact) mass is 687 g/mol. The molecule has 0 heterocycles. The first-order chi connectivity index (χ1) is 31.3. The Bertz CT molecular complexity index is 3150. The Labute approximate surface area is 328 Å². The van der Waals surface area contributed by atoms with Gasteiger partial charge >= 0.3 is 0 Å². The van der Waals surface area contributed by atoms with Gasteiger partial charge in [-0.05, 0) is 121 Å². The van der Waals surface area contributed by atoms with Crippen LogP contribution in [0.4, 0.5) is 17.1 Å². The summed E-state index contributed by atoms with van der Waals surface area (Å²) >= 11 is 0. The maximum absolute atomic E-state index is 9.76. The van der Waals surface area contributed by atoms with Crippen LogP contribution in [0.3, 0.4) is 0 Å². The van der Waals surface area contributed by atoms with Gasteiger partial charge in [0.2, 0.25) is 0 Å². The van der Waals surface area contributed by atoms with Crippen molar-refractivity contribution in [3.05, 3.63) is 224 Å². The summed E-state index contributed by atoms with van der Waals surface area (Å²) in [5, 5.41) is 1.64. The van der Waals surface area contributed by atoms with Crippen LogP contribution in [0.25, 0.3) is 66.4 Å². The van der Waals surface area contributed by atoms with E-state index in [1.807, 2.05) is 97.1 Å². The highest BCUT2D eigenvalue weighted by Crippen LogP contribution is 2.39. The topological polar surface area (TPSA) is 3.24 Å².